The van der Waals surface area contributed by atoms with E-state index in [2.05, 4.69) is 25.5 Å². The first kappa shape index (κ1) is 21.4. The van der Waals surface area contributed by atoms with Gasteiger partial charge in [-0.25, -0.2) is 9.78 Å². The number of hydrogen-bond acceptors (Lipinski definition) is 7. The van der Waals surface area contributed by atoms with Crippen molar-refractivity contribution in [2.24, 2.45) is 5.92 Å². The van der Waals surface area contributed by atoms with Crippen LogP contribution in [0, 0.1) is 5.92 Å². The molecule has 1 amide bonds. The summed E-state index contributed by atoms with van der Waals surface area (Å²) in [5.74, 6) is -0.0642. The zero-order chi connectivity index (χ0) is 22.5. The molecule has 0 aromatic carbocycles. The second-order valence-corrected chi connectivity index (χ2v) is 10.4. The number of rotatable bonds is 5. The summed E-state index contributed by atoms with van der Waals surface area (Å²) in [6.07, 6.45) is 1.95. The van der Waals surface area contributed by atoms with Gasteiger partial charge in [-0.1, -0.05) is 46.0 Å². The van der Waals surface area contributed by atoms with Gasteiger partial charge in [-0.15, -0.1) is 10.2 Å². The fourth-order valence-corrected chi connectivity index (χ4v) is 4.13. The van der Waals surface area contributed by atoms with Gasteiger partial charge in [0.2, 0.25) is 5.13 Å². The quantitative estimate of drug-likeness (QED) is 0.626. The van der Waals surface area contributed by atoms with E-state index in [4.69, 9.17) is 0 Å². The van der Waals surface area contributed by atoms with E-state index in [0.717, 1.165) is 23.5 Å². The minimum absolute atomic E-state index is 0.114. The number of nitrogens with zero attached hydrogens (tertiary/aromatic N) is 4. The molecule has 2 N–H and O–H groups in total. The van der Waals surface area contributed by atoms with Gasteiger partial charge in [-0.05, 0) is 24.8 Å². The molecule has 3 aromatic heterocycles. The highest BCUT2D eigenvalue weighted by atomic mass is 32.1. The van der Waals surface area contributed by atoms with Crippen molar-refractivity contribution in [1.29, 1.82) is 0 Å². The molecule has 3 aromatic rings. The summed E-state index contributed by atoms with van der Waals surface area (Å²) in [5.41, 5.74) is -0.145. The number of nitrogens with one attached hydrogen (secondary N) is 2. The third kappa shape index (κ3) is 4.30. The number of fused-ring (bicyclic) bond motifs is 1. The van der Waals surface area contributed by atoms with Crippen LogP contribution in [0.15, 0.2) is 15.7 Å². The minimum Gasteiger partial charge on any atom is -0.296 e. The van der Waals surface area contributed by atoms with Crippen molar-refractivity contribution in [2.75, 3.05) is 5.32 Å². The number of aromatic nitrogens is 5. The number of carbonyl (C=O) groups is 1. The van der Waals surface area contributed by atoms with E-state index in [1.807, 2.05) is 34.6 Å². The molecule has 0 bridgehead atoms. The van der Waals surface area contributed by atoms with Crippen LogP contribution >= 0.6 is 11.3 Å². The van der Waals surface area contributed by atoms with Crippen molar-refractivity contribution < 1.29 is 4.79 Å². The van der Waals surface area contributed by atoms with E-state index in [1.165, 1.54) is 15.9 Å². The molecule has 0 atom stereocenters. The third-order valence-corrected chi connectivity index (χ3v) is 6.31. The highest BCUT2D eigenvalue weighted by Gasteiger charge is 2.29. The Morgan fingerprint density at radius 3 is 2.58 bits per heavy atom. The minimum atomic E-state index is -0.618. The van der Waals surface area contributed by atoms with Crippen LogP contribution in [0.1, 0.15) is 74.4 Å². The summed E-state index contributed by atoms with van der Waals surface area (Å²) in [5, 5.41) is 12.3. The Hall–Kier alpha value is -2.88. The van der Waals surface area contributed by atoms with Gasteiger partial charge in [0.15, 0.2) is 5.65 Å². The lowest BCUT2D eigenvalue weighted by Crippen LogP contribution is -2.33. The zero-order valence-electron chi connectivity index (χ0n) is 18.3. The standard InChI is InChI=1S/C21H26N6O3S/c1-10(2)9-27-15-14(17(29)24-20(27)30)12(8-13(22-15)11-6-7-11)16(28)23-19-26-25-18(31-19)21(3,4)5/h8,10-11H,6-7,9H2,1-5H3,(H,23,26,28)(H,24,29,30). The number of aromatic amines is 1. The Balaban J connectivity index is 1.84. The molecule has 0 spiro atoms. The SMILES string of the molecule is CC(C)Cn1c(=O)[nH]c(=O)c2c(C(=O)Nc3nnc(C(C)(C)C)s3)cc(C3CC3)nc21. The number of carbonyl (C=O) groups excluding carboxylic acids is 1. The molecule has 1 aliphatic carbocycles. The van der Waals surface area contributed by atoms with Gasteiger partial charge in [0.1, 0.15) is 5.01 Å². The van der Waals surface area contributed by atoms with Gasteiger partial charge in [-0.2, -0.15) is 0 Å². The van der Waals surface area contributed by atoms with E-state index >= 15 is 0 Å². The van der Waals surface area contributed by atoms with Gasteiger partial charge in [0.25, 0.3) is 11.5 Å². The van der Waals surface area contributed by atoms with Crippen molar-refractivity contribution in [1.82, 2.24) is 24.7 Å². The predicted octanol–water partition coefficient (Wildman–Crippen LogP) is 3.02. The Morgan fingerprint density at radius 1 is 1.29 bits per heavy atom. The number of anilines is 1. The lowest BCUT2D eigenvalue weighted by molar-refractivity contribution is 0.102. The van der Waals surface area contributed by atoms with Gasteiger partial charge >= 0.3 is 5.69 Å². The first-order valence-electron chi connectivity index (χ1n) is 10.4. The fourth-order valence-electron chi connectivity index (χ4n) is 3.34. The molecular weight excluding hydrogens is 416 g/mol. The Morgan fingerprint density at radius 2 is 2.00 bits per heavy atom. The van der Waals surface area contributed by atoms with Crippen LogP contribution in [0.3, 0.4) is 0 Å². The molecule has 10 heteroatoms. The van der Waals surface area contributed by atoms with E-state index in [-0.39, 0.29) is 33.8 Å². The fraction of sp³-hybridized carbons (Fsp3) is 0.524. The van der Waals surface area contributed by atoms with E-state index in [9.17, 15) is 14.4 Å². The first-order chi connectivity index (χ1) is 14.5. The van der Waals surface area contributed by atoms with Crippen LogP contribution in [-0.4, -0.2) is 30.6 Å². The maximum absolute atomic E-state index is 13.2. The Kier molecular flexibility index (Phi) is 5.28. The largest absolute Gasteiger partial charge is 0.330 e. The third-order valence-electron chi connectivity index (χ3n) is 5.04. The van der Waals surface area contributed by atoms with E-state index < -0.39 is 17.2 Å². The normalized spacial score (nSPS) is 14.4. The van der Waals surface area contributed by atoms with Gasteiger partial charge in [0, 0.05) is 23.6 Å². The monoisotopic (exact) mass is 442 g/mol. The van der Waals surface area contributed by atoms with Crippen LogP contribution in [0.5, 0.6) is 0 Å². The molecular formula is C21H26N6O3S. The number of amides is 1. The van der Waals surface area contributed by atoms with Crippen molar-refractivity contribution >= 4 is 33.4 Å². The van der Waals surface area contributed by atoms with Crippen LogP contribution in [0.4, 0.5) is 5.13 Å². The summed E-state index contributed by atoms with van der Waals surface area (Å²) in [6, 6.07) is 1.67. The van der Waals surface area contributed by atoms with Crippen LogP contribution in [0.2, 0.25) is 0 Å². The van der Waals surface area contributed by atoms with Crippen LogP contribution < -0.4 is 16.6 Å². The topological polar surface area (TPSA) is 123 Å². The van der Waals surface area contributed by atoms with Crippen molar-refractivity contribution in [2.45, 2.75) is 65.3 Å². The van der Waals surface area contributed by atoms with Crippen LogP contribution in [-0.2, 0) is 12.0 Å². The maximum Gasteiger partial charge on any atom is 0.330 e. The molecule has 9 nitrogen and oxygen atoms in total. The summed E-state index contributed by atoms with van der Waals surface area (Å²) in [4.78, 5) is 45.4. The molecule has 0 radical (unpaired) electrons. The second-order valence-electron chi connectivity index (χ2n) is 9.45. The van der Waals surface area contributed by atoms with E-state index in [0.29, 0.717) is 11.7 Å². The lowest BCUT2D eigenvalue weighted by atomic mass is 9.98. The molecule has 1 aliphatic rings. The van der Waals surface area contributed by atoms with E-state index in [1.54, 1.807) is 6.07 Å². The van der Waals surface area contributed by atoms with Crippen molar-refractivity contribution in [3.8, 4) is 0 Å². The second kappa shape index (κ2) is 7.67. The molecule has 1 saturated carbocycles. The summed E-state index contributed by atoms with van der Waals surface area (Å²) in [6.45, 7) is 10.4. The lowest BCUT2D eigenvalue weighted by Gasteiger charge is -2.14. The van der Waals surface area contributed by atoms with Crippen molar-refractivity contribution in [3.63, 3.8) is 0 Å². The molecule has 1 fully saturated rings. The first-order valence-corrected chi connectivity index (χ1v) is 11.2. The molecule has 0 saturated heterocycles. The Labute approximate surface area is 182 Å². The number of H-pyrrole nitrogens is 1. The molecule has 4 rings (SSSR count). The Bertz CT molecular complexity index is 1280. The van der Waals surface area contributed by atoms with Crippen LogP contribution in [0.25, 0.3) is 11.0 Å². The average Bonchev–Trinajstić information content (AvgIpc) is 3.41. The number of pyridine rings is 1. The highest BCUT2D eigenvalue weighted by molar-refractivity contribution is 7.15. The maximum atomic E-state index is 13.2. The van der Waals surface area contributed by atoms with Crippen molar-refractivity contribution in [3.05, 3.63) is 43.2 Å². The molecule has 0 unspecified atom stereocenters. The molecule has 164 valence electrons. The summed E-state index contributed by atoms with van der Waals surface area (Å²) in [7, 11) is 0. The zero-order valence-corrected chi connectivity index (χ0v) is 19.1. The molecule has 31 heavy (non-hydrogen) atoms. The smallest absolute Gasteiger partial charge is 0.296 e. The molecule has 0 aliphatic heterocycles. The molecule has 3 heterocycles. The highest BCUT2D eigenvalue weighted by Crippen LogP contribution is 2.40. The summed E-state index contributed by atoms with van der Waals surface area (Å²) >= 11 is 1.30. The van der Waals surface area contributed by atoms with Gasteiger partial charge in [0.05, 0.1) is 10.9 Å². The van der Waals surface area contributed by atoms with Gasteiger partial charge in [-0.3, -0.25) is 24.5 Å². The average molecular weight is 443 g/mol. The van der Waals surface area contributed by atoms with Gasteiger partial charge < -0.3 is 0 Å². The predicted molar refractivity (Wildman–Crippen MR) is 120 cm³/mol. The summed E-state index contributed by atoms with van der Waals surface area (Å²) < 4.78 is 1.45. The number of hydrogen-bond donors (Lipinski definition) is 2.